The molecule has 1 unspecified atom stereocenters. The summed E-state index contributed by atoms with van der Waals surface area (Å²) in [4.78, 5) is 42.4. The molecular formula is C25H32F2N4O8S. The maximum Gasteiger partial charge on any atom is 0.303 e. The number of aliphatic hydroxyl groups is 1. The van der Waals surface area contributed by atoms with E-state index in [1.54, 1.807) is 19.1 Å². The first kappa shape index (κ1) is 31.5. The third-order valence-electron chi connectivity index (χ3n) is 7.37. The van der Waals surface area contributed by atoms with Crippen LogP contribution in [0.4, 0.5) is 8.78 Å². The topological polar surface area (TPSA) is 192 Å². The van der Waals surface area contributed by atoms with Gasteiger partial charge in [0.15, 0.2) is 0 Å². The zero-order valence-electron chi connectivity index (χ0n) is 22.0. The molecule has 1 aliphatic carbocycles. The summed E-state index contributed by atoms with van der Waals surface area (Å²) in [6.45, 7) is 2.49. The largest absolute Gasteiger partial charge is 0.481 e. The molecule has 0 spiro atoms. The number of halogens is 2. The molecular weight excluding hydrogens is 554 g/mol. The Balaban J connectivity index is 2.09. The molecule has 1 aliphatic heterocycles. The number of carbonyl (C=O) groups excluding carboxylic acids is 1. The normalized spacial score (nSPS) is 28.1. The molecule has 12 nitrogen and oxygen atoms in total. The van der Waals surface area contributed by atoms with Crippen molar-refractivity contribution in [1.29, 1.82) is 0 Å². The molecule has 2 fully saturated rings. The number of esters is 1. The third kappa shape index (κ3) is 7.80. The second-order valence-electron chi connectivity index (χ2n) is 10.2. The van der Waals surface area contributed by atoms with Crippen LogP contribution < -0.4 is 0 Å². The number of nitrogens with zero attached hydrogens (tertiary/aromatic N) is 4. The molecule has 0 bridgehead atoms. The van der Waals surface area contributed by atoms with Crippen molar-refractivity contribution in [3.05, 3.63) is 40.0 Å². The zero-order valence-corrected chi connectivity index (χ0v) is 22.8. The Morgan fingerprint density at radius 3 is 2.40 bits per heavy atom. The number of carbonyl (C=O) groups is 3. The molecule has 2 heterocycles. The molecule has 1 saturated carbocycles. The van der Waals surface area contributed by atoms with Crippen LogP contribution >= 0.6 is 11.8 Å². The summed E-state index contributed by atoms with van der Waals surface area (Å²) in [5.41, 5.74) is 7.56. The molecule has 2 aliphatic rings. The SMILES string of the molecule is CC(=O)OC[C@@H]1O[C@@H](SC(c2ncccc2C)C2(O)CCC(F)(F)CC2)[C@H](CC(=O)O)[C@@H](N=[N+]=[N-])[C@H]1CC(=O)O. The number of pyridine rings is 1. The number of aromatic nitrogens is 1. The van der Waals surface area contributed by atoms with Gasteiger partial charge in [0, 0.05) is 42.7 Å². The van der Waals surface area contributed by atoms with E-state index in [9.17, 15) is 44.0 Å². The van der Waals surface area contributed by atoms with Crippen LogP contribution in [0, 0.1) is 18.8 Å². The van der Waals surface area contributed by atoms with Gasteiger partial charge in [-0.3, -0.25) is 19.4 Å². The van der Waals surface area contributed by atoms with Crippen molar-refractivity contribution in [3.8, 4) is 0 Å². The number of carboxylic acid groups (broad SMARTS) is 2. The van der Waals surface area contributed by atoms with E-state index in [-0.39, 0.29) is 12.8 Å². The van der Waals surface area contributed by atoms with Gasteiger partial charge in [-0.15, -0.1) is 11.8 Å². The van der Waals surface area contributed by atoms with Gasteiger partial charge >= 0.3 is 17.9 Å². The minimum Gasteiger partial charge on any atom is -0.481 e. The fourth-order valence-electron chi connectivity index (χ4n) is 5.33. The van der Waals surface area contributed by atoms with Crippen molar-refractivity contribution in [3.63, 3.8) is 0 Å². The first-order valence-corrected chi connectivity index (χ1v) is 13.6. The van der Waals surface area contributed by atoms with Gasteiger partial charge in [0.1, 0.15) is 12.0 Å². The van der Waals surface area contributed by atoms with Crippen LogP contribution in [-0.4, -0.2) is 73.9 Å². The molecule has 0 aromatic carbocycles. The molecule has 1 aromatic heterocycles. The number of azide groups is 1. The minimum absolute atomic E-state index is 0.262. The Bertz CT molecular complexity index is 1140. The molecule has 6 atom stereocenters. The highest BCUT2D eigenvalue weighted by atomic mass is 32.2. The van der Waals surface area contributed by atoms with Gasteiger partial charge in [-0.25, -0.2) is 8.78 Å². The van der Waals surface area contributed by atoms with Gasteiger partial charge in [0.2, 0.25) is 5.92 Å². The average Bonchev–Trinajstić information content (AvgIpc) is 2.86. The number of hydrogen-bond donors (Lipinski definition) is 3. The average molecular weight is 587 g/mol. The van der Waals surface area contributed by atoms with Crippen LogP contribution in [0.15, 0.2) is 23.4 Å². The van der Waals surface area contributed by atoms with E-state index in [0.717, 1.165) is 18.7 Å². The molecule has 0 amide bonds. The smallest absolute Gasteiger partial charge is 0.303 e. The lowest BCUT2D eigenvalue weighted by Gasteiger charge is -2.47. The monoisotopic (exact) mass is 586 g/mol. The lowest BCUT2D eigenvalue weighted by Crippen LogP contribution is -2.53. The number of thioether (sulfide) groups is 1. The lowest BCUT2D eigenvalue weighted by atomic mass is 9.78. The highest BCUT2D eigenvalue weighted by Gasteiger charge is 2.53. The predicted octanol–water partition coefficient (Wildman–Crippen LogP) is 4.25. The zero-order chi connectivity index (χ0) is 29.7. The summed E-state index contributed by atoms with van der Waals surface area (Å²) < 4.78 is 39.5. The number of alkyl halides is 2. The van der Waals surface area contributed by atoms with Gasteiger partial charge in [-0.1, -0.05) is 11.2 Å². The van der Waals surface area contributed by atoms with Crippen LogP contribution in [-0.2, 0) is 23.9 Å². The maximum absolute atomic E-state index is 14.1. The molecule has 15 heteroatoms. The van der Waals surface area contributed by atoms with Crippen LogP contribution in [0.3, 0.4) is 0 Å². The Morgan fingerprint density at radius 1 is 1.23 bits per heavy atom. The van der Waals surface area contributed by atoms with Crippen LogP contribution in [0.2, 0.25) is 0 Å². The van der Waals surface area contributed by atoms with Crippen LogP contribution in [0.5, 0.6) is 0 Å². The summed E-state index contributed by atoms with van der Waals surface area (Å²) in [6, 6.07) is 2.22. The van der Waals surface area contributed by atoms with Crippen molar-refractivity contribution in [2.45, 2.75) is 86.7 Å². The molecule has 1 saturated heterocycles. The Hall–Kier alpha value is -3.00. The summed E-state index contributed by atoms with van der Waals surface area (Å²) >= 11 is 0.963. The van der Waals surface area contributed by atoms with E-state index >= 15 is 0 Å². The second kappa shape index (κ2) is 13.1. The van der Waals surface area contributed by atoms with E-state index in [0.29, 0.717) is 11.3 Å². The van der Waals surface area contributed by atoms with E-state index in [1.165, 1.54) is 6.20 Å². The van der Waals surface area contributed by atoms with Gasteiger partial charge in [0.05, 0.1) is 41.5 Å². The van der Waals surface area contributed by atoms with E-state index in [1.807, 2.05) is 0 Å². The Morgan fingerprint density at radius 2 is 1.85 bits per heavy atom. The number of aryl methyl sites for hydroxylation is 1. The first-order chi connectivity index (χ1) is 18.8. The quantitative estimate of drug-likeness (QED) is 0.146. The van der Waals surface area contributed by atoms with E-state index in [2.05, 4.69) is 15.0 Å². The Labute approximate surface area is 233 Å². The van der Waals surface area contributed by atoms with Crippen LogP contribution in [0.25, 0.3) is 10.4 Å². The highest BCUT2D eigenvalue weighted by Crippen LogP contribution is 2.54. The molecule has 1 aromatic rings. The maximum atomic E-state index is 14.1. The number of ether oxygens (including phenoxy) is 2. The number of carboxylic acids is 2. The number of hydrogen-bond acceptors (Lipinski definition) is 9. The predicted molar refractivity (Wildman–Crippen MR) is 137 cm³/mol. The summed E-state index contributed by atoms with van der Waals surface area (Å²) in [7, 11) is 0. The number of aliphatic carboxylic acids is 2. The fraction of sp³-hybridized carbons (Fsp3) is 0.680. The van der Waals surface area contributed by atoms with Crippen molar-refractivity contribution in [1.82, 2.24) is 4.98 Å². The summed E-state index contributed by atoms with van der Waals surface area (Å²) in [5, 5.41) is 33.8. The van der Waals surface area contributed by atoms with Crippen molar-refractivity contribution >= 4 is 29.7 Å². The fourth-order valence-corrected chi connectivity index (χ4v) is 7.13. The first-order valence-electron chi connectivity index (χ1n) is 12.7. The van der Waals surface area contributed by atoms with E-state index < -0.39 is 96.4 Å². The molecule has 40 heavy (non-hydrogen) atoms. The summed E-state index contributed by atoms with van der Waals surface area (Å²) in [5.74, 6) is -8.27. The molecule has 3 N–H and O–H groups in total. The van der Waals surface area contributed by atoms with Crippen LogP contribution in [0.1, 0.15) is 62.0 Å². The van der Waals surface area contributed by atoms with Gasteiger partial charge in [0.25, 0.3) is 0 Å². The van der Waals surface area contributed by atoms with E-state index in [4.69, 9.17) is 9.47 Å². The Kier molecular flexibility index (Phi) is 10.3. The van der Waals surface area contributed by atoms with Crippen molar-refractivity contribution in [2.24, 2.45) is 17.0 Å². The van der Waals surface area contributed by atoms with Gasteiger partial charge < -0.3 is 24.8 Å². The molecule has 0 radical (unpaired) electrons. The molecule has 3 rings (SSSR count). The molecule has 220 valence electrons. The van der Waals surface area contributed by atoms with Crippen molar-refractivity contribution < 1.29 is 48.0 Å². The minimum atomic E-state index is -2.94. The highest BCUT2D eigenvalue weighted by molar-refractivity contribution is 8.00. The van der Waals surface area contributed by atoms with Gasteiger partial charge in [-0.05, 0) is 36.9 Å². The standard InChI is InChI=1S/C25H32F2N4O8S/c1-13-4-3-9-29-20(13)22(24(37)5-7-25(26,27)8-6-24)40-23-16(11-19(35)36)21(30-31-28)15(10-18(33)34)17(39-23)12-38-14(2)32/h3-4,9,15-17,21-23,37H,5-8,10-12H2,1-2H3,(H,33,34)(H,35,36)/t15-,16+,17-,21-,22?,23-/m0/s1. The van der Waals surface area contributed by atoms with Crippen molar-refractivity contribution in [2.75, 3.05) is 6.61 Å². The van der Waals surface area contributed by atoms with Gasteiger partial charge in [-0.2, -0.15) is 0 Å². The summed E-state index contributed by atoms with van der Waals surface area (Å²) in [6.07, 6.45) is -2.41. The lowest BCUT2D eigenvalue weighted by molar-refractivity contribution is -0.161. The second-order valence-corrected chi connectivity index (χ2v) is 11.5. The third-order valence-corrected chi connectivity index (χ3v) is 9.04. The number of rotatable bonds is 11.